The van der Waals surface area contributed by atoms with Gasteiger partial charge in [-0.25, -0.2) is 0 Å². The number of carbonyl (C=O) groups excluding carboxylic acids is 1. The predicted octanol–water partition coefficient (Wildman–Crippen LogP) is 3.11. The van der Waals surface area contributed by atoms with Crippen molar-refractivity contribution in [3.8, 4) is 0 Å². The molecule has 0 saturated heterocycles. The van der Waals surface area contributed by atoms with E-state index in [0.717, 1.165) is 17.0 Å². The zero-order valence-electron chi connectivity index (χ0n) is 15.6. The molecule has 2 aromatic carbocycles. The number of hydrogen-bond donors (Lipinski definition) is 1. The molecule has 0 aliphatic rings. The second kappa shape index (κ2) is 6.40. The first-order chi connectivity index (χ1) is 13.0. The number of ketones is 1. The molecule has 0 unspecified atom stereocenters. The van der Waals surface area contributed by atoms with Crippen LogP contribution in [0.5, 0.6) is 0 Å². The fourth-order valence-electron chi connectivity index (χ4n) is 3.52. The molecule has 27 heavy (non-hydrogen) atoms. The number of aryl methyl sites for hydroxylation is 2. The molecule has 0 radical (unpaired) electrons. The third-order valence-electron chi connectivity index (χ3n) is 5.21. The summed E-state index contributed by atoms with van der Waals surface area (Å²) in [6.07, 6.45) is 0. The molecule has 0 fully saturated rings. The summed E-state index contributed by atoms with van der Waals surface area (Å²) < 4.78 is 3.82. The summed E-state index contributed by atoms with van der Waals surface area (Å²) in [6, 6.07) is 20.4. The summed E-state index contributed by atoms with van der Waals surface area (Å²) in [6.45, 7) is 6.03. The van der Waals surface area contributed by atoms with E-state index in [2.05, 4.69) is 0 Å². The van der Waals surface area contributed by atoms with Gasteiger partial charge in [0.05, 0.1) is 11.8 Å². The minimum atomic E-state index is -0.0710. The number of aliphatic hydroxyl groups is 1. The van der Waals surface area contributed by atoms with Gasteiger partial charge in [-0.1, -0.05) is 65.2 Å². The minimum Gasteiger partial charge on any atom is -0.505 e. The Bertz CT molecular complexity index is 1210. The second-order valence-corrected chi connectivity index (χ2v) is 6.74. The Hall–Kier alpha value is -3.40. The van der Waals surface area contributed by atoms with Crippen molar-refractivity contribution in [3.05, 3.63) is 106 Å². The van der Waals surface area contributed by atoms with Crippen molar-refractivity contribution < 1.29 is 14.4 Å². The molecule has 134 valence electrons. The van der Waals surface area contributed by atoms with E-state index in [-0.39, 0.29) is 11.5 Å². The number of benzene rings is 2. The highest BCUT2D eigenvalue weighted by molar-refractivity contribution is 6.06. The summed E-state index contributed by atoms with van der Waals surface area (Å²) in [4.78, 5) is 13.2. The maximum absolute atomic E-state index is 13.2. The number of hydrogen-bond acceptors (Lipinski definition) is 2. The van der Waals surface area contributed by atoms with Crippen molar-refractivity contribution >= 4 is 11.5 Å². The summed E-state index contributed by atoms with van der Waals surface area (Å²) in [7, 11) is 0. The first-order valence-electron chi connectivity index (χ1n) is 8.92. The molecular weight excluding hydrogens is 336 g/mol. The van der Waals surface area contributed by atoms with Crippen molar-refractivity contribution in [3.63, 3.8) is 0 Å². The number of aliphatic hydroxyl groups excluding tert-OH is 1. The summed E-state index contributed by atoms with van der Waals surface area (Å²) in [5, 5.41) is 11.6. The van der Waals surface area contributed by atoms with E-state index in [1.807, 2.05) is 90.5 Å². The molecule has 4 nitrogen and oxygen atoms in total. The lowest BCUT2D eigenvalue weighted by Crippen LogP contribution is -2.37. The van der Waals surface area contributed by atoms with E-state index in [0.29, 0.717) is 22.2 Å². The van der Waals surface area contributed by atoms with Gasteiger partial charge in [-0.05, 0) is 13.8 Å². The van der Waals surface area contributed by atoms with E-state index in [1.54, 1.807) is 6.07 Å². The largest absolute Gasteiger partial charge is 0.505 e. The van der Waals surface area contributed by atoms with E-state index < -0.39 is 0 Å². The molecule has 4 heteroatoms. The van der Waals surface area contributed by atoms with Crippen LogP contribution < -0.4 is 9.86 Å². The molecule has 2 heterocycles. The molecular formula is C23H21N2O2+. The second-order valence-electron chi connectivity index (χ2n) is 6.74. The molecule has 0 spiro atoms. The zero-order valence-corrected chi connectivity index (χ0v) is 15.6. The van der Waals surface area contributed by atoms with Crippen LogP contribution in [0.2, 0.25) is 0 Å². The van der Waals surface area contributed by atoms with Crippen LogP contribution in [0.1, 0.15) is 38.6 Å². The highest BCUT2D eigenvalue weighted by Gasteiger charge is 2.30. The van der Waals surface area contributed by atoms with Gasteiger partial charge in [0, 0.05) is 23.6 Å². The van der Waals surface area contributed by atoms with Gasteiger partial charge in [0.1, 0.15) is 0 Å². The van der Waals surface area contributed by atoms with Gasteiger partial charge in [-0.2, -0.15) is 0 Å². The van der Waals surface area contributed by atoms with E-state index in [1.165, 1.54) is 0 Å². The van der Waals surface area contributed by atoms with Crippen LogP contribution in [-0.4, -0.2) is 15.4 Å². The first-order valence-corrected chi connectivity index (χ1v) is 8.92. The standard InChI is InChI=1S/C23H20N2O2/c1-15-16(2)24-20(22(26)18-10-6-4-7-11-18)14-21(25(24)17(15)3)23(27)19-12-8-5-9-13-19/h4-14H,1-3H3/p+1. The van der Waals surface area contributed by atoms with Gasteiger partial charge < -0.3 is 5.11 Å². The average Bonchev–Trinajstić information content (AvgIpc) is 3.21. The van der Waals surface area contributed by atoms with Crippen LogP contribution in [0.3, 0.4) is 0 Å². The summed E-state index contributed by atoms with van der Waals surface area (Å²) in [5.74, 6) is 0.0802. The Kier molecular flexibility index (Phi) is 4.04. The highest BCUT2D eigenvalue weighted by Crippen LogP contribution is 2.14. The van der Waals surface area contributed by atoms with Crippen LogP contribution in [0.15, 0.2) is 66.7 Å². The average molecular weight is 357 g/mol. The molecule has 4 aromatic rings. The lowest BCUT2D eigenvalue weighted by molar-refractivity contribution is -0.622. The van der Waals surface area contributed by atoms with E-state index in [4.69, 9.17) is 0 Å². The van der Waals surface area contributed by atoms with Gasteiger partial charge >= 0.3 is 0 Å². The molecule has 0 aliphatic heterocycles. The van der Waals surface area contributed by atoms with Crippen LogP contribution in [0.4, 0.5) is 0 Å². The van der Waals surface area contributed by atoms with Gasteiger partial charge in [-0.3, -0.25) is 4.79 Å². The van der Waals surface area contributed by atoms with Crippen LogP contribution in [0, 0.1) is 20.8 Å². The smallest absolute Gasteiger partial charge is 0.286 e. The molecule has 0 atom stereocenters. The van der Waals surface area contributed by atoms with Crippen LogP contribution in [-0.2, 0) is 0 Å². The molecule has 2 aromatic heterocycles. The third-order valence-corrected chi connectivity index (χ3v) is 5.21. The fraction of sp³-hybridized carbons (Fsp3) is 0.130. The van der Waals surface area contributed by atoms with E-state index >= 15 is 0 Å². The van der Waals surface area contributed by atoms with Crippen molar-refractivity contribution in [1.82, 2.24) is 4.52 Å². The minimum absolute atomic E-state index is 0.0710. The lowest BCUT2D eigenvalue weighted by Gasteiger charge is -1.97. The summed E-state index contributed by atoms with van der Waals surface area (Å²) >= 11 is 0. The van der Waals surface area contributed by atoms with Crippen molar-refractivity contribution in [2.24, 2.45) is 0 Å². The number of aromatic nitrogens is 2. The number of nitrogens with zero attached hydrogens (tertiary/aromatic N) is 2. The van der Waals surface area contributed by atoms with Crippen molar-refractivity contribution in [2.45, 2.75) is 20.8 Å². The van der Waals surface area contributed by atoms with Crippen LogP contribution >= 0.6 is 0 Å². The molecule has 1 N–H and O–H groups in total. The molecule has 0 aliphatic carbocycles. The Morgan fingerprint density at radius 3 is 2.04 bits per heavy atom. The van der Waals surface area contributed by atoms with Gasteiger partial charge in [0.15, 0.2) is 11.1 Å². The molecule has 0 bridgehead atoms. The Morgan fingerprint density at radius 1 is 0.889 bits per heavy atom. The quantitative estimate of drug-likeness (QED) is 0.452. The number of carbonyl (C=O) groups is 1. The third kappa shape index (κ3) is 2.61. The Balaban J connectivity index is 2.08. The number of rotatable bonds is 3. The Labute approximate surface area is 157 Å². The first kappa shape index (κ1) is 17.0. The fourth-order valence-corrected chi connectivity index (χ4v) is 3.52. The number of fused-ring (bicyclic) bond motifs is 1. The van der Waals surface area contributed by atoms with E-state index in [9.17, 15) is 9.90 Å². The maximum Gasteiger partial charge on any atom is 0.286 e. The monoisotopic (exact) mass is 357 g/mol. The van der Waals surface area contributed by atoms with Gasteiger partial charge in [0.25, 0.3) is 11.5 Å². The van der Waals surface area contributed by atoms with Crippen molar-refractivity contribution in [1.29, 1.82) is 0 Å². The molecule has 0 saturated carbocycles. The molecule has 0 amide bonds. The van der Waals surface area contributed by atoms with Gasteiger partial charge in [0.2, 0.25) is 5.69 Å². The van der Waals surface area contributed by atoms with Crippen molar-refractivity contribution in [2.75, 3.05) is 0 Å². The van der Waals surface area contributed by atoms with Gasteiger partial charge in [-0.15, -0.1) is 4.52 Å². The predicted molar refractivity (Wildman–Crippen MR) is 104 cm³/mol. The van der Waals surface area contributed by atoms with Crippen LogP contribution in [0.25, 0.3) is 5.76 Å². The zero-order chi connectivity index (χ0) is 19.1. The maximum atomic E-state index is 13.2. The molecule has 4 rings (SSSR count). The Morgan fingerprint density at radius 2 is 1.44 bits per heavy atom. The lowest BCUT2D eigenvalue weighted by atomic mass is 10.1. The topological polar surface area (TPSA) is 45.8 Å². The SMILES string of the molecule is Cc1c(C)n2/c(=C(/O)c3ccccc3)cc(C(=O)c3ccccc3)[n+]2c1C. The summed E-state index contributed by atoms with van der Waals surface area (Å²) in [5.41, 5.74) is 4.95. The highest BCUT2D eigenvalue weighted by atomic mass is 16.3. The normalized spacial score (nSPS) is 12.4.